The van der Waals surface area contributed by atoms with Crippen LogP contribution in [0.3, 0.4) is 0 Å². The monoisotopic (exact) mass is 900 g/mol. The van der Waals surface area contributed by atoms with Crippen LogP contribution in [0.5, 0.6) is 11.5 Å². The van der Waals surface area contributed by atoms with Crippen molar-refractivity contribution >= 4 is 35.8 Å². The van der Waals surface area contributed by atoms with E-state index in [9.17, 15) is 28.8 Å². The topological polar surface area (TPSA) is 176 Å². The second-order valence-electron chi connectivity index (χ2n) is 16.0. The fourth-order valence-electron chi connectivity index (χ4n) is 6.24. The number of ether oxygens (including phenoxy) is 8. The van der Waals surface area contributed by atoms with Gasteiger partial charge >= 0.3 is 35.8 Å². The summed E-state index contributed by atoms with van der Waals surface area (Å²) in [5.74, 6) is -3.86. The molecule has 65 heavy (non-hydrogen) atoms. The van der Waals surface area contributed by atoms with E-state index in [0.29, 0.717) is 36.5 Å². The minimum atomic E-state index is -1.57. The van der Waals surface area contributed by atoms with Crippen molar-refractivity contribution in [3.63, 3.8) is 0 Å². The Morgan fingerprint density at radius 3 is 1.66 bits per heavy atom. The van der Waals surface area contributed by atoms with Crippen molar-refractivity contribution in [2.75, 3.05) is 47.3 Å². The largest absolute Gasteiger partial charge is 0.492 e. The molecule has 0 saturated carbocycles. The maximum absolute atomic E-state index is 12.7. The number of methoxy groups -OCH3 is 2. The highest BCUT2D eigenvalue weighted by atomic mass is 16.6. The number of carbonyl (C=O) groups is 6. The average molecular weight is 901 g/mol. The van der Waals surface area contributed by atoms with E-state index in [-0.39, 0.29) is 24.4 Å². The van der Waals surface area contributed by atoms with E-state index in [2.05, 4.69) is 53.8 Å². The van der Waals surface area contributed by atoms with Crippen molar-refractivity contribution in [3.05, 3.63) is 108 Å². The smallest absolute Gasteiger partial charge is 0.333 e. The summed E-state index contributed by atoms with van der Waals surface area (Å²) >= 11 is 0. The van der Waals surface area contributed by atoms with Gasteiger partial charge < -0.3 is 37.9 Å². The Hall–Kier alpha value is -6.44. The molecular formula is C51H64O14. The van der Waals surface area contributed by atoms with Crippen LogP contribution in [0.2, 0.25) is 0 Å². The standard InChI is InChI=1S/C51H64O14/c1-8-9-10-11-12-13-15-38-17-19-39(20-18-38)31-61-43-24-21-40(22-25-43)41-23-26-44(42(28-41)16-14-27-60-49(56)36(2)3)62-32-51(35-65-50(57)37(4)5,33-63-47(54)29-45(52)58-6)34-64-48(55)30-46(53)59-7/h17-26,28H,2,4,8-16,27,29-35H2,1,3,5-7H3. The van der Waals surface area contributed by atoms with Crippen molar-refractivity contribution in [3.8, 4) is 22.6 Å². The van der Waals surface area contributed by atoms with Gasteiger partial charge in [-0.1, -0.05) is 94.7 Å². The van der Waals surface area contributed by atoms with E-state index in [0.717, 1.165) is 37.3 Å². The molecule has 14 nitrogen and oxygen atoms in total. The van der Waals surface area contributed by atoms with Crippen LogP contribution in [0, 0.1) is 5.41 Å². The van der Waals surface area contributed by atoms with E-state index in [4.69, 9.17) is 28.4 Å². The third-order valence-corrected chi connectivity index (χ3v) is 10.2. The molecule has 0 amide bonds. The molecule has 0 aliphatic rings. The van der Waals surface area contributed by atoms with E-state index >= 15 is 0 Å². The molecule has 3 aromatic rings. The van der Waals surface area contributed by atoms with Crippen molar-refractivity contribution in [2.45, 2.75) is 98.0 Å². The van der Waals surface area contributed by atoms with Crippen molar-refractivity contribution in [2.24, 2.45) is 5.41 Å². The first-order valence-corrected chi connectivity index (χ1v) is 21.8. The van der Waals surface area contributed by atoms with E-state index in [1.54, 1.807) is 13.0 Å². The van der Waals surface area contributed by atoms with Gasteiger partial charge in [-0.15, -0.1) is 0 Å². The second-order valence-corrected chi connectivity index (χ2v) is 16.0. The molecule has 0 unspecified atom stereocenters. The summed E-state index contributed by atoms with van der Waals surface area (Å²) in [6, 6.07) is 21.8. The van der Waals surface area contributed by atoms with Crippen LogP contribution < -0.4 is 9.47 Å². The van der Waals surface area contributed by atoms with Crippen molar-refractivity contribution in [1.82, 2.24) is 0 Å². The summed E-state index contributed by atoms with van der Waals surface area (Å²) < 4.78 is 43.3. The van der Waals surface area contributed by atoms with E-state index in [1.165, 1.54) is 51.0 Å². The normalized spacial score (nSPS) is 10.8. The Balaban J connectivity index is 1.86. The number of esters is 6. The van der Waals surface area contributed by atoms with Crippen LogP contribution in [0.4, 0.5) is 0 Å². The van der Waals surface area contributed by atoms with Gasteiger partial charge in [-0.05, 0) is 91.6 Å². The number of carbonyl (C=O) groups excluding carboxylic acids is 6. The zero-order valence-corrected chi connectivity index (χ0v) is 38.5. The fourth-order valence-corrected chi connectivity index (χ4v) is 6.24. The predicted octanol–water partition coefficient (Wildman–Crippen LogP) is 8.58. The molecule has 0 aliphatic carbocycles. The molecule has 3 aromatic carbocycles. The van der Waals surface area contributed by atoms with Gasteiger partial charge in [0.2, 0.25) is 0 Å². The lowest BCUT2D eigenvalue weighted by Gasteiger charge is -2.32. The highest BCUT2D eigenvalue weighted by Crippen LogP contribution is 2.32. The third kappa shape index (κ3) is 19.9. The summed E-state index contributed by atoms with van der Waals surface area (Å²) in [5, 5.41) is 0. The molecular weight excluding hydrogens is 837 g/mol. The SMILES string of the molecule is C=C(C)C(=O)OCCCc1cc(-c2ccc(OCc3ccc(CCCCCCCC)cc3)cc2)ccc1OCC(COC(=O)CC(=O)OC)(COC(=O)CC(=O)OC)COC(=O)C(=C)C. The molecule has 0 N–H and O–H groups in total. The van der Waals surface area contributed by atoms with E-state index in [1.807, 2.05) is 36.4 Å². The van der Waals surface area contributed by atoms with Crippen LogP contribution in [0.25, 0.3) is 11.1 Å². The van der Waals surface area contributed by atoms with E-state index < -0.39 is 73.9 Å². The quantitative estimate of drug-likeness (QED) is 0.0204. The fraction of sp³-hybridized carbons (Fsp3) is 0.451. The Morgan fingerprint density at radius 1 is 0.538 bits per heavy atom. The Labute approximate surface area is 382 Å². The minimum absolute atomic E-state index is 0.0682. The predicted molar refractivity (Wildman–Crippen MR) is 243 cm³/mol. The molecule has 0 atom stereocenters. The lowest BCUT2D eigenvalue weighted by atomic mass is 9.91. The summed E-state index contributed by atoms with van der Waals surface area (Å²) in [7, 11) is 2.22. The summed E-state index contributed by atoms with van der Waals surface area (Å²) in [6.45, 7) is 11.0. The molecule has 3 rings (SSSR count). The lowest BCUT2D eigenvalue weighted by molar-refractivity contribution is -0.165. The molecule has 0 spiro atoms. The van der Waals surface area contributed by atoms with Crippen LogP contribution in [0.1, 0.15) is 95.2 Å². The maximum atomic E-state index is 12.7. The highest BCUT2D eigenvalue weighted by molar-refractivity contribution is 5.91. The van der Waals surface area contributed by atoms with Gasteiger partial charge in [-0.3, -0.25) is 19.2 Å². The molecule has 0 bridgehead atoms. The number of benzene rings is 3. The first-order valence-electron chi connectivity index (χ1n) is 21.8. The first kappa shape index (κ1) is 52.9. The maximum Gasteiger partial charge on any atom is 0.333 e. The van der Waals surface area contributed by atoms with Crippen LogP contribution in [-0.2, 0) is 76.6 Å². The highest BCUT2D eigenvalue weighted by Gasteiger charge is 2.38. The molecule has 0 aliphatic heterocycles. The second kappa shape index (κ2) is 28.4. The third-order valence-electron chi connectivity index (χ3n) is 10.2. The average Bonchev–Trinajstić information content (AvgIpc) is 3.30. The van der Waals surface area contributed by atoms with Crippen LogP contribution >= 0.6 is 0 Å². The molecule has 0 radical (unpaired) electrons. The molecule has 0 aromatic heterocycles. The number of unbranched alkanes of at least 4 members (excludes halogenated alkanes) is 5. The number of aryl methyl sites for hydroxylation is 2. The molecule has 14 heteroatoms. The minimum Gasteiger partial charge on any atom is -0.492 e. The number of rotatable bonds is 30. The zero-order chi connectivity index (χ0) is 47.6. The first-order chi connectivity index (χ1) is 31.2. The summed E-state index contributed by atoms with van der Waals surface area (Å²) in [4.78, 5) is 73.7. The van der Waals surface area contributed by atoms with Crippen LogP contribution in [0.15, 0.2) is 91.0 Å². The lowest BCUT2D eigenvalue weighted by Crippen LogP contribution is -2.44. The Bertz CT molecular complexity index is 2020. The molecule has 0 heterocycles. The zero-order valence-electron chi connectivity index (χ0n) is 38.5. The molecule has 0 saturated heterocycles. The van der Waals surface area contributed by atoms with Crippen molar-refractivity contribution in [1.29, 1.82) is 0 Å². The number of hydrogen-bond donors (Lipinski definition) is 0. The van der Waals surface area contributed by atoms with Crippen LogP contribution in [-0.4, -0.2) is 83.1 Å². The van der Waals surface area contributed by atoms with Gasteiger partial charge in [0, 0.05) is 11.1 Å². The molecule has 0 fully saturated rings. The van der Waals surface area contributed by atoms with Gasteiger partial charge in [0.05, 0.1) is 20.8 Å². The molecule has 352 valence electrons. The van der Waals surface area contributed by atoms with Gasteiger partial charge in [-0.25, -0.2) is 9.59 Å². The summed E-state index contributed by atoms with van der Waals surface area (Å²) in [6.07, 6.45) is 8.04. The number of hydrogen-bond acceptors (Lipinski definition) is 14. The Kier molecular flexibility index (Phi) is 23.1. The van der Waals surface area contributed by atoms with Gasteiger partial charge in [-0.2, -0.15) is 0 Å². The summed E-state index contributed by atoms with van der Waals surface area (Å²) in [5.41, 5.74) is 3.60. The van der Waals surface area contributed by atoms with Gasteiger partial charge in [0.25, 0.3) is 0 Å². The van der Waals surface area contributed by atoms with Crippen molar-refractivity contribution < 1.29 is 66.7 Å². The van der Waals surface area contributed by atoms with Gasteiger partial charge in [0.1, 0.15) is 62.8 Å². The van der Waals surface area contributed by atoms with Gasteiger partial charge in [0.15, 0.2) is 0 Å². The Morgan fingerprint density at radius 2 is 1.08 bits per heavy atom.